The number of nitrogens with two attached hydrogens (primary N) is 1. The fourth-order valence-electron chi connectivity index (χ4n) is 4.35. The van der Waals surface area contributed by atoms with Gasteiger partial charge in [0.25, 0.3) is 5.91 Å². The van der Waals surface area contributed by atoms with Gasteiger partial charge in [0.2, 0.25) is 0 Å². The largest absolute Gasteiger partial charge is 0.573 e. The average molecular weight is 545 g/mol. The van der Waals surface area contributed by atoms with E-state index in [0.717, 1.165) is 31.9 Å². The van der Waals surface area contributed by atoms with Gasteiger partial charge in [-0.15, -0.1) is 18.3 Å². The van der Waals surface area contributed by atoms with Crippen molar-refractivity contribution in [2.45, 2.75) is 44.1 Å². The molecule has 1 amide bonds. The van der Waals surface area contributed by atoms with Crippen molar-refractivity contribution < 1.29 is 27.1 Å². The summed E-state index contributed by atoms with van der Waals surface area (Å²) >= 11 is 0. The molecule has 0 aliphatic heterocycles. The zero-order valence-corrected chi connectivity index (χ0v) is 20.4. The standard InChI is InChI=1S/C25H24F4N8O2/c26-18-12-31-9-8-19(18)35-24(38)21-13-32-23-20(33-16-2-1-3-17(10-16)39-25(27,28)29)11-22(36-37(21)23)34-15-6-4-14(30)5-7-15/h1-3,8-15,33H,4-7,30H2,(H,34,36)(H,31,35,38). The summed E-state index contributed by atoms with van der Waals surface area (Å²) in [5, 5.41) is 13.4. The third kappa shape index (κ3) is 6.34. The van der Waals surface area contributed by atoms with E-state index >= 15 is 0 Å². The predicted molar refractivity (Wildman–Crippen MR) is 135 cm³/mol. The molecule has 1 saturated carbocycles. The van der Waals surface area contributed by atoms with Crippen LogP contribution in [0.1, 0.15) is 36.2 Å². The SMILES string of the molecule is NC1CCC(Nc2cc(Nc3cccc(OC(F)(F)F)c3)c3ncc(C(=O)Nc4ccncc4F)n3n2)CC1. The molecule has 1 aliphatic carbocycles. The Morgan fingerprint density at radius 3 is 2.62 bits per heavy atom. The molecule has 5 rings (SSSR count). The fourth-order valence-corrected chi connectivity index (χ4v) is 4.35. The third-order valence-electron chi connectivity index (χ3n) is 6.19. The fraction of sp³-hybridized carbons (Fsp3) is 0.280. The molecule has 10 nitrogen and oxygen atoms in total. The molecule has 3 heterocycles. The van der Waals surface area contributed by atoms with E-state index in [2.05, 4.69) is 35.8 Å². The highest BCUT2D eigenvalue weighted by Crippen LogP contribution is 2.30. The topological polar surface area (TPSA) is 131 Å². The second kappa shape index (κ2) is 10.7. The number of nitrogens with zero attached hydrogens (tertiary/aromatic N) is 4. The number of benzene rings is 1. The molecule has 0 bridgehead atoms. The molecule has 0 atom stereocenters. The molecule has 39 heavy (non-hydrogen) atoms. The number of imidazole rings is 1. The van der Waals surface area contributed by atoms with Gasteiger partial charge in [0.1, 0.15) is 11.6 Å². The van der Waals surface area contributed by atoms with Crippen molar-refractivity contribution in [1.82, 2.24) is 19.6 Å². The molecule has 1 aromatic carbocycles. The molecule has 1 fully saturated rings. The maximum atomic E-state index is 14.1. The Kier molecular flexibility index (Phi) is 7.19. The van der Waals surface area contributed by atoms with E-state index in [1.807, 2.05) is 0 Å². The van der Waals surface area contributed by atoms with Crippen molar-refractivity contribution in [2.24, 2.45) is 5.73 Å². The first kappa shape index (κ1) is 26.2. The Bertz CT molecular complexity index is 1480. The smallest absolute Gasteiger partial charge is 0.406 e. The Morgan fingerprint density at radius 1 is 1.08 bits per heavy atom. The number of pyridine rings is 1. The molecule has 5 N–H and O–H groups in total. The molecular weight excluding hydrogens is 520 g/mol. The summed E-state index contributed by atoms with van der Waals surface area (Å²) in [5.41, 5.74) is 6.81. The van der Waals surface area contributed by atoms with Crippen LogP contribution in [0.3, 0.4) is 0 Å². The molecule has 1 aliphatic rings. The number of aromatic nitrogens is 4. The minimum Gasteiger partial charge on any atom is -0.406 e. The van der Waals surface area contributed by atoms with E-state index in [1.54, 1.807) is 12.1 Å². The van der Waals surface area contributed by atoms with Crippen LogP contribution < -0.4 is 26.4 Å². The van der Waals surface area contributed by atoms with Gasteiger partial charge in [-0.2, -0.15) is 0 Å². The van der Waals surface area contributed by atoms with Gasteiger partial charge >= 0.3 is 6.36 Å². The predicted octanol–water partition coefficient (Wildman–Crippen LogP) is 4.84. The van der Waals surface area contributed by atoms with Crippen LogP contribution in [0, 0.1) is 5.82 Å². The number of amides is 1. The molecular formula is C25H24F4N8O2. The Morgan fingerprint density at radius 2 is 1.87 bits per heavy atom. The lowest BCUT2D eigenvalue weighted by Crippen LogP contribution is -2.33. The summed E-state index contributed by atoms with van der Waals surface area (Å²) < 4.78 is 57.5. The maximum absolute atomic E-state index is 14.1. The van der Waals surface area contributed by atoms with Crippen molar-refractivity contribution in [3.05, 3.63) is 66.5 Å². The van der Waals surface area contributed by atoms with Gasteiger partial charge in [0, 0.05) is 36.1 Å². The number of carbonyl (C=O) groups is 1. The quantitative estimate of drug-likeness (QED) is 0.243. The van der Waals surface area contributed by atoms with Crippen LogP contribution in [-0.4, -0.2) is 43.9 Å². The van der Waals surface area contributed by atoms with Gasteiger partial charge in [0.15, 0.2) is 17.2 Å². The number of rotatable bonds is 7. The summed E-state index contributed by atoms with van der Waals surface area (Å²) in [7, 11) is 0. The van der Waals surface area contributed by atoms with Crippen molar-refractivity contribution in [3.8, 4) is 5.75 Å². The number of carbonyl (C=O) groups excluding carboxylic acids is 1. The number of anilines is 4. The highest BCUT2D eigenvalue weighted by molar-refractivity contribution is 6.03. The first-order valence-corrected chi connectivity index (χ1v) is 12.1. The van der Waals surface area contributed by atoms with E-state index in [1.165, 1.54) is 41.2 Å². The van der Waals surface area contributed by atoms with E-state index < -0.39 is 23.8 Å². The summed E-state index contributed by atoms with van der Waals surface area (Å²) in [4.78, 5) is 21.0. The molecule has 4 aromatic rings. The van der Waals surface area contributed by atoms with Crippen LogP contribution in [0.5, 0.6) is 5.75 Å². The molecule has 14 heteroatoms. The summed E-state index contributed by atoms with van der Waals surface area (Å²) in [6.45, 7) is 0. The number of halogens is 4. The third-order valence-corrected chi connectivity index (χ3v) is 6.19. The van der Waals surface area contributed by atoms with Crippen LogP contribution in [0.25, 0.3) is 5.65 Å². The number of ether oxygens (including phenoxy) is 1. The number of nitrogens with one attached hydrogen (secondary N) is 3. The van der Waals surface area contributed by atoms with E-state index in [0.29, 0.717) is 11.5 Å². The van der Waals surface area contributed by atoms with Gasteiger partial charge in [0.05, 0.1) is 23.8 Å². The van der Waals surface area contributed by atoms with E-state index in [4.69, 9.17) is 5.73 Å². The van der Waals surface area contributed by atoms with Crippen LogP contribution in [0.4, 0.5) is 40.4 Å². The summed E-state index contributed by atoms with van der Waals surface area (Å²) in [6.07, 6.45) is 2.05. The zero-order chi connectivity index (χ0) is 27.6. The number of fused-ring (bicyclic) bond motifs is 1. The van der Waals surface area contributed by atoms with Gasteiger partial charge in [-0.25, -0.2) is 13.9 Å². The minimum absolute atomic E-state index is 0.00716. The minimum atomic E-state index is -4.85. The van der Waals surface area contributed by atoms with Crippen LogP contribution in [0.15, 0.2) is 55.0 Å². The number of alkyl halides is 3. The van der Waals surface area contributed by atoms with Gasteiger partial charge in [-0.1, -0.05) is 6.07 Å². The number of hydrogen-bond acceptors (Lipinski definition) is 8. The average Bonchev–Trinajstić information content (AvgIpc) is 3.30. The first-order valence-electron chi connectivity index (χ1n) is 12.1. The molecule has 0 radical (unpaired) electrons. The zero-order valence-electron chi connectivity index (χ0n) is 20.4. The monoisotopic (exact) mass is 544 g/mol. The Labute approximate surface area is 219 Å². The number of hydrogen-bond donors (Lipinski definition) is 4. The second-order valence-corrected chi connectivity index (χ2v) is 9.09. The molecule has 0 spiro atoms. The van der Waals surface area contributed by atoms with Gasteiger partial charge < -0.3 is 26.4 Å². The van der Waals surface area contributed by atoms with E-state index in [-0.39, 0.29) is 34.8 Å². The Hall–Kier alpha value is -4.46. The van der Waals surface area contributed by atoms with Gasteiger partial charge in [-0.3, -0.25) is 9.78 Å². The molecule has 204 valence electrons. The summed E-state index contributed by atoms with van der Waals surface area (Å²) in [5.74, 6) is -1.39. The Balaban J connectivity index is 1.49. The normalized spacial score (nSPS) is 17.6. The van der Waals surface area contributed by atoms with Crippen molar-refractivity contribution in [1.29, 1.82) is 0 Å². The van der Waals surface area contributed by atoms with Gasteiger partial charge in [-0.05, 0) is 43.9 Å². The van der Waals surface area contributed by atoms with Crippen molar-refractivity contribution >= 4 is 34.4 Å². The molecule has 3 aromatic heterocycles. The van der Waals surface area contributed by atoms with Crippen molar-refractivity contribution in [2.75, 3.05) is 16.0 Å². The lowest BCUT2D eigenvalue weighted by molar-refractivity contribution is -0.274. The lowest BCUT2D eigenvalue weighted by atomic mass is 9.92. The maximum Gasteiger partial charge on any atom is 0.573 e. The van der Waals surface area contributed by atoms with Crippen LogP contribution in [0.2, 0.25) is 0 Å². The highest BCUT2D eigenvalue weighted by atomic mass is 19.4. The molecule has 0 saturated heterocycles. The summed E-state index contributed by atoms with van der Waals surface area (Å²) in [6, 6.07) is 8.50. The first-order chi connectivity index (χ1) is 18.6. The second-order valence-electron chi connectivity index (χ2n) is 9.09. The lowest BCUT2D eigenvalue weighted by Gasteiger charge is -2.27. The van der Waals surface area contributed by atoms with E-state index in [9.17, 15) is 22.4 Å². The highest BCUT2D eigenvalue weighted by Gasteiger charge is 2.31. The van der Waals surface area contributed by atoms with Crippen LogP contribution in [-0.2, 0) is 0 Å². The van der Waals surface area contributed by atoms with Crippen LogP contribution >= 0.6 is 0 Å². The van der Waals surface area contributed by atoms with Crippen molar-refractivity contribution in [3.63, 3.8) is 0 Å². The molecule has 0 unspecified atom stereocenters.